The lowest BCUT2D eigenvalue weighted by atomic mass is 10.2. The Balaban J connectivity index is 1.77. The summed E-state index contributed by atoms with van der Waals surface area (Å²) in [4.78, 5) is 20.5. The van der Waals surface area contributed by atoms with Crippen molar-refractivity contribution in [2.24, 2.45) is 0 Å². The number of H-pyrrole nitrogens is 1. The molecule has 0 bridgehead atoms. The Morgan fingerprint density at radius 1 is 1.37 bits per heavy atom. The standard InChI is InChI=1S/C14H13BrN2OS/c15-9-3-1-4-10(7-9)19-8-13-16-12-6-2-5-11(12)14(18)17-13/h1,3-4,7H,2,5-6,8H2,(H,16,17,18). The summed E-state index contributed by atoms with van der Waals surface area (Å²) >= 11 is 5.13. The molecular weight excluding hydrogens is 324 g/mol. The molecule has 1 N–H and O–H groups in total. The highest BCUT2D eigenvalue weighted by molar-refractivity contribution is 9.10. The van der Waals surface area contributed by atoms with Gasteiger partial charge in [-0.15, -0.1) is 11.8 Å². The maximum absolute atomic E-state index is 11.9. The number of hydrogen-bond acceptors (Lipinski definition) is 3. The van der Waals surface area contributed by atoms with E-state index in [9.17, 15) is 4.79 Å². The minimum atomic E-state index is 0.0485. The summed E-state index contributed by atoms with van der Waals surface area (Å²) in [6.45, 7) is 0. The van der Waals surface area contributed by atoms with Crippen molar-refractivity contribution in [1.82, 2.24) is 9.97 Å². The van der Waals surface area contributed by atoms with E-state index in [2.05, 4.69) is 38.0 Å². The Morgan fingerprint density at radius 3 is 3.11 bits per heavy atom. The van der Waals surface area contributed by atoms with Crippen molar-refractivity contribution < 1.29 is 0 Å². The molecule has 0 amide bonds. The fourth-order valence-corrected chi connectivity index (χ4v) is 3.65. The second-order valence-electron chi connectivity index (χ2n) is 4.54. The SMILES string of the molecule is O=c1[nH]c(CSc2cccc(Br)c2)nc2c1CCC2. The predicted molar refractivity (Wildman–Crippen MR) is 80.6 cm³/mol. The molecule has 0 saturated carbocycles. The number of aromatic nitrogens is 2. The van der Waals surface area contributed by atoms with E-state index in [1.807, 2.05) is 12.1 Å². The van der Waals surface area contributed by atoms with Gasteiger partial charge in [0.2, 0.25) is 0 Å². The first kappa shape index (κ1) is 12.9. The minimum absolute atomic E-state index is 0.0485. The maximum atomic E-state index is 11.9. The molecule has 2 aromatic rings. The molecule has 0 spiro atoms. The summed E-state index contributed by atoms with van der Waals surface area (Å²) in [6.07, 6.45) is 2.86. The smallest absolute Gasteiger partial charge is 0.254 e. The molecule has 3 nitrogen and oxygen atoms in total. The van der Waals surface area contributed by atoms with Gasteiger partial charge in [-0.3, -0.25) is 4.79 Å². The van der Waals surface area contributed by atoms with Gasteiger partial charge in [-0.1, -0.05) is 22.0 Å². The molecule has 0 fully saturated rings. The molecule has 0 radical (unpaired) electrons. The number of hydrogen-bond donors (Lipinski definition) is 1. The van der Waals surface area contributed by atoms with Crippen LogP contribution in [0.4, 0.5) is 0 Å². The molecule has 1 aromatic carbocycles. The summed E-state index contributed by atoms with van der Waals surface area (Å²) < 4.78 is 1.06. The summed E-state index contributed by atoms with van der Waals surface area (Å²) in [5.74, 6) is 1.47. The van der Waals surface area contributed by atoms with Crippen molar-refractivity contribution in [3.63, 3.8) is 0 Å². The van der Waals surface area contributed by atoms with Gasteiger partial charge in [-0.25, -0.2) is 4.98 Å². The lowest BCUT2D eigenvalue weighted by Gasteiger charge is -2.04. The van der Waals surface area contributed by atoms with Gasteiger partial charge < -0.3 is 4.98 Å². The van der Waals surface area contributed by atoms with E-state index in [1.54, 1.807) is 11.8 Å². The maximum Gasteiger partial charge on any atom is 0.254 e. The van der Waals surface area contributed by atoms with E-state index >= 15 is 0 Å². The van der Waals surface area contributed by atoms with E-state index in [0.717, 1.165) is 45.7 Å². The Kier molecular flexibility index (Phi) is 3.75. The average molecular weight is 337 g/mol. The average Bonchev–Trinajstić information content (AvgIpc) is 2.85. The number of rotatable bonds is 3. The minimum Gasteiger partial charge on any atom is -0.310 e. The zero-order valence-corrected chi connectivity index (χ0v) is 12.7. The number of aryl methyl sites for hydroxylation is 1. The number of nitrogens with zero attached hydrogens (tertiary/aromatic N) is 1. The van der Waals surface area contributed by atoms with Crippen LogP contribution in [0.2, 0.25) is 0 Å². The quantitative estimate of drug-likeness (QED) is 0.874. The molecular formula is C14H13BrN2OS. The van der Waals surface area contributed by atoms with Crippen molar-refractivity contribution in [3.8, 4) is 0 Å². The van der Waals surface area contributed by atoms with Gasteiger partial charge in [-0.05, 0) is 37.5 Å². The zero-order chi connectivity index (χ0) is 13.2. The van der Waals surface area contributed by atoms with Gasteiger partial charge in [0.15, 0.2) is 0 Å². The van der Waals surface area contributed by atoms with E-state index in [-0.39, 0.29) is 5.56 Å². The number of halogens is 1. The van der Waals surface area contributed by atoms with E-state index in [1.165, 1.54) is 0 Å². The van der Waals surface area contributed by atoms with Crippen LogP contribution in [0.5, 0.6) is 0 Å². The van der Waals surface area contributed by atoms with Crippen LogP contribution >= 0.6 is 27.7 Å². The van der Waals surface area contributed by atoms with Crippen molar-refractivity contribution in [2.45, 2.75) is 29.9 Å². The lowest BCUT2D eigenvalue weighted by molar-refractivity contribution is 0.893. The fourth-order valence-electron chi connectivity index (χ4n) is 2.27. The van der Waals surface area contributed by atoms with Crippen LogP contribution in [0.15, 0.2) is 38.4 Å². The number of nitrogens with one attached hydrogen (secondary N) is 1. The molecule has 0 aliphatic heterocycles. The second-order valence-corrected chi connectivity index (χ2v) is 6.50. The molecule has 1 aliphatic rings. The molecule has 5 heteroatoms. The fraction of sp³-hybridized carbons (Fsp3) is 0.286. The Bertz CT molecular complexity index is 669. The molecule has 98 valence electrons. The second kappa shape index (κ2) is 5.51. The Morgan fingerprint density at radius 2 is 2.26 bits per heavy atom. The van der Waals surface area contributed by atoms with Crippen molar-refractivity contribution in [2.75, 3.05) is 0 Å². The van der Waals surface area contributed by atoms with Crippen molar-refractivity contribution >= 4 is 27.7 Å². The normalized spacial score (nSPS) is 13.5. The first-order valence-corrected chi connectivity index (χ1v) is 7.99. The molecule has 1 aromatic heterocycles. The van der Waals surface area contributed by atoms with Gasteiger partial charge in [0, 0.05) is 14.9 Å². The Labute approximate surface area is 124 Å². The third-order valence-electron chi connectivity index (χ3n) is 3.16. The van der Waals surface area contributed by atoms with E-state index < -0.39 is 0 Å². The highest BCUT2D eigenvalue weighted by Gasteiger charge is 2.16. The topological polar surface area (TPSA) is 45.8 Å². The third-order valence-corrected chi connectivity index (χ3v) is 4.66. The van der Waals surface area contributed by atoms with E-state index in [0.29, 0.717) is 5.75 Å². The molecule has 3 rings (SSSR count). The van der Waals surface area contributed by atoms with Crippen LogP contribution in [0.3, 0.4) is 0 Å². The van der Waals surface area contributed by atoms with Gasteiger partial charge in [-0.2, -0.15) is 0 Å². The zero-order valence-electron chi connectivity index (χ0n) is 10.3. The molecule has 0 unspecified atom stereocenters. The van der Waals surface area contributed by atoms with Gasteiger partial charge in [0.1, 0.15) is 5.82 Å². The summed E-state index contributed by atoms with van der Waals surface area (Å²) in [5.41, 5.74) is 1.93. The van der Waals surface area contributed by atoms with Crippen molar-refractivity contribution in [3.05, 3.63) is 56.2 Å². The molecule has 1 heterocycles. The molecule has 19 heavy (non-hydrogen) atoms. The van der Waals surface area contributed by atoms with Crippen LogP contribution in [-0.4, -0.2) is 9.97 Å². The van der Waals surface area contributed by atoms with E-state index in [4.69, 9.17) is 0 Å². The van der Waals surface area contributed by atoms with Gasteiger partial charge in [0.05, 0.1) is 11.4 Å². The first-order chi connectivity index (χ1) is 9.22. The number of aromatic amines is 1. The monoisotopic (exact) mass is 336 g/mol. The summed E-state index contributed by atoms with van der Waals surface area (Å²) in [7, 11) is 0. The largest absolute Gasteiger partial charge is 0.310 e. The van der Waals surface area contributed by atoms with Crippen LogP contribution in [-0.2, 0) is 18.6 Å². The van der Waals surface area contributed by atoms with Crippen molar-refractivity contribution in [1.29, 1.82) is 0 Å². The highest BCUT2D eigenvalue weighted by Crippen LogP contribution is 2.25. The lowest BCUT2D eigenvalue weighted by Crippen LogP contribution is -2.16. The van der Waals surface area contributed by atoms with Crippen LogP contribution in [0.25, 0.3) is 0 Å². The van der Waals surface area contributed by atoms with Crippen LogP contribution < -0.4 is 5.56 Å². The third kappa shape index (κ3) is 2.92. The van der Waals surface area contributed by atoms with Gasteiger partial charge in [0.25, 0.3) is 5.56 Å². The number of thioether (sulfide) groups is 1. The summed E-state index contributed by atoms with van der Waals surface area (Å²) in [5, 5.41) is 0. The number of fused-ring (bicyclic) bond motifs is 1. The van der Waals surface area contributed by atoms with Gasteiger partial charge >= 0.3 is 0 Å². The number of benzene rings is 1. The highest BCUT2D eigenvalue weighted by atomic mass is 79.9. The molecule has 0 atom stereocenters. The van der Waals surface area contributed by atoms with Crippen LogP contribution in [0.1, 0.15) is 23.5 Å². The Hall–Kier alpha value is -1.07. The molecule has 0 saturated heterocycles. The molecule has 1 aliphatic carbocycles. The first-order valence-electron chi connectivity index (χ1n) is 6.22. The predicted octanol–water partition coefficient (Wildman–Crippen LogP) is 3.31. The summed E-state index contributed by atoms with van der Waals surface area (Å²) in [6, 6.07) is 8.13. The van der Waals surface area contributed by atoms with Crippen LogP contribution in [0, 0.1) is 0 Å².